The number of imidazole rings is 1. The molecule has 1 atom stereocenters. The Hall–Kier alpha value is -3.86. The van der Waals surface area contributed by atoms with E-state index in [1.54, 1.807) is 0 Å². The van der Waals surface area contributed by atoms with E-state index < -0.39 is 0 Å². The first kappa shape index (κ1) is 23.9. The summed E-state index contributed by atoms with van der Waals surface area (Å²) in [7, 11) is 0. The van der Waals surface area contributed by atoms with Crippen LogP contribution in [0.1, 0.15) is 35.7 Å². The Kier molecular flexibility index (Phi) is 7.46. The van der Waals surface area contributed by atoms with Gasteiger partial charge in [-0.2, -0.15) is 0 Å². The van der Waals surface area contributed by atoms with Crippen molar-refractivity contribution in [1.82, 2.24) is 14.5 Å². The van der Waals surface area contributed by atoms with Gasteiger partial charge < -0.3 is 14.2 Å². The van der Waals surface area contributed by atoms with Crippen molar-refractivity contribution in [2.75, 3.05) is 19.7 Å². The number of hydrogen-bond donors (Lipinski definition) is 0. The topological polar surface area (TPSA) is 47.4 Å². The smallest absolute Gasteiger partial charge is 0.223 e. The zero-order chi connectivity index (χ0) is 24.7. The molecule has 1 aliphatic rings. The molecule has 1 amide bonds. The molecule has 0 aliphatic carbocycles. The number of para-hydroxylation sites is 3. The van der Waals surface area contributed by atoms with Crippen molar-refractivity contribution in [3.63, 3.8) is 0 Å². The van der Waals surface area contributed by atoms with Crippen molar-refractivity contribution in [2.45, 2.75) is 38.1 Å². The van der Waals surface area contributed by atoms with Crippen molar-refractivity contribution >= 4 is 16.9 Å². The predicted octanol–water partition coefficient (Wildman–Crippen LogP) is 5.79. The highest BCUT2D eigenvalue weighted by Gasteiger charge is 2.33. The van der Waals surface area contributed by atoms with Gasteiger partial charge in [0, 0.05) is 32.0 Å². The molecular formula is C31H33N3O2. The fraction of sp³-hybridized carbons (Fsp3) is 0.290. The van der Waals surface area contributed by atoms with Crippen LogP contribution in [0.15, 0.2) is 91.5 Å². The summed E-state index contributed by atoms with van der Waals surface area (Å²) < 4.78 is 8.43. The van der Waals surface area contributed by atoms with E-state index in [2.05, 4.69) is 47.5 Å². The van der Waals surface area contributed by atoms with Crippen LogP contribution in [-0.2, 0) is 24.2 Å². The number of aromatic nitrogens is 2. The monoisotopic (exact) mass is 479 g/mol. The van der Waals surface area contributed by atoms with Crippen LogP contribution < -0.4 is 4.74 Å². The number of rotatable bonds is 11. The molecule has 0 saturated carbocycles. The molecule has 1 saturated heterocycles. The van der Waals surface area contributed by atoms with Gasteiger partial charge in [0.1, 0.15) is 11.6 Å². The van der Waals surface area contributed by atoms with Gasteiger partial charge in [-0.1, -0.05) is 66.7 Å². The highest BCUT2D eigenvalue weighted by Crippen LogP contribution is 2.31. The highest BCUT2D eigenvalue weighted by molar-refractivity contribution is 5.81. The molecule has 184 valence electrons. The van der Waals surface area contributed by atoms with Gasteiger partial charge in [0.2, 0.25) is 5.91 Å². The number of amides is 1. The lowest BCUT2D eigenvalue weighted by atomic mass is 10.1. The first-order chi connectivity index (χ1) is 17.7. The van der Waals surface area contributed by atoms with Crippen LogP contribution in [0, 0.1) is 0 Å². The molecule has 1 fully saturated rings. The number of likely N-dealkylation sites (tertiary alicyclic amines) is 1. The molecule has 5 rings (SSSR count). The maximum Gasteiger partial charge on any atom is 0.223 e. The van der Waals surface area contributed by atoms with Crippen LogP contribution in [-0.4, -0.2) is 40.1 Å². The second-order valence-electron chi connectivity index (χ2n) is 9.39. The van der Waals surface area contributed by atoms with E-state index in [1.807, 2.05) is 53.4 Å². The molecule has 0 bridgehead atoms. The number of ether oxygens (including phenoxy) is 1. The van der Waals surface area contributed by atoms with Crippen LogP contribution in [0.5, 0.6) is 5.75 Å². The number of nitrogens with zero attached hydrogens (tertiary/aromatic N) is 3. The molecular weight excluding hydrogens is 446 g/mol. The molecule has 2 heterocycles. The SMILES string of the molecule is C=CCc1ccccc1OCCCn1c(C2CC(=O)N(CCc3ccccc3)C2)nc2ccccc21. The van der Waals surface area contributed by atoms with E-state index in [4.69, 9.17) is 9.72 Å². The summed E-state index contributed by atoms with van der Waals surface area (Å²) in [5.74, 6) is 2.26. The maximum atomic E-state index is 12.9. The Balaban J connectivity index is 1.27. The van der Waals surface area contributed by atoms with Gasteiger partial charge in [-0.15, -0.1) is 6.58 Å². The number of carbonyl (C=O) groups is 1. The molecule has 3 aromatic carbocycles. The normalized spacial score (nSPS) is 15.5. The van der Waals surface area contributed by atoms with Gasteiger partial charge in [-0.05, 0) is 48.6 Å². The Bertz CT molecular complexity index is 1330. The minimum absolute atomic E-state index is 0.106. The third-order valence-electron chi connectivity index (χ3n) is 6.90. The average Bonchev–Trinajstić information content (AvgIpc) is 3.47. The summed E-state index contributed by atoms with van der Waals surface area (Å²) in [6, 6.07) is 26.8. The van der Waals surface area contributed by atoms with Gasteiger partial charge in [-0.25, -0.2) is 4.98 Å². The van der Waals surface area contributed by atoms with Crippen LogP contribution in [0.3, 0.4) is 0 Å². The van der Waals surface area contributed by atoms with Crippen molar-refractivity contribution in [2.24, 2.45) is 0 Å². The summed E-state index contributed by atoms with van der Waals surface area (Å²) in [4.78, 5) is 19.9. The summed E-state index contributed by atoms with van der Waals surface area (Å²) >= 11 is 0. The lowest BCUT2D eigenvalue weighted by Crippen LogP contribution is -2.27. The van der Waals surface area contributed by atoms with Gasteiger partial charge in [-0.3, -0.25) is 4.79 Å². The van der Waals surface area contributed by atoms with Crippen molar-refractivity contribution in [3.8, 4) is 5.75 Å². The number of hydrogen-bond acceptors (Lipinski definition) is 3. The zero-order valence-electron chi connectivity index (χ0n) is 20.7. The summed E-state index contributed by atoms with van der Waals surface area (Å²) in [5.41, 5.74) is 4.52. The molecule has 1 unspecified atom stereocenters. The third kappa shape index (κ3) is 5.35. The standard InChI is InChI=1S/C31H33N3O2/c1-2-11-25-14-6-9-17-29(25)36-21-10-19-34-28-16-8-7-15-27(28)32-31(34)26-22-30(35)33(23-26)20-18-24-12-4-3-5-13-24/h2-9,12-17,26H,1,10-11,18-23H2. The Morgan fingerprint density at radius 1 is 0.972 bits per heavy atom. The van der Waals surface area contributed by atoms with Gasteiger partial charge in [0.15, 0.2) is 0 Å². The second-order valence-corrected chi connectivity index (χ2v) is 9.39. The Morgan fingerprint density at radius 2 is 1.75 bits per heavy atom. The number of carbonyl (C=O) groups excluding carboxylic acids is 1. The van der Waals surface area contributed by atoms with Crippen LogP contribution in [0.2, 0.25) is 0 Å². The van der Waals surface area contributed by atoms with Crippen molar-refractivity contribution in [3.05, 3.63) is 108 Å². The predicted molar refractivity (Wildman–Crippen MR) is 144 cm³/mol. The molecule has 5 nitrogen and oxygen atoms in total. The molecule has 0 radical (unpaired) electrons. The summed E-state index contributed by atoms with van der Waals surface area (Å²) in [6.45, 7) is 6.74. The fourth-order valence-corrected chi connectivity index (χ4v) is 5.08. The van der Waals surface area contributed by atoms with Gasteiger partial charge in [0.05, 0.1) is 17.6 Å². The number of aryl methyl sites for hydroxylation is 1. The lowest BCUT2D eigenvalue weighted by molar-refractivity contribution is -0.127. The molecule has 0 spiro atoms. The minimum Gasteiger partial charge on any atom is -0.493 e. The van der Waals surface area contributed by atoms with E-state index in [0.29, 0.717) is 13.0 Å². The summed E-state index contributed by atoms with van der Waals surface area (Å²) in [5, 5.41) is 0. The highest BCUT2D eigenvalue weighted by atomic mass is 16.5. The molecule has 0 N–H and O–H groups in total. The zero-order valence-corrected chi connectivity index (χ0v) is 20.7. The summed E-state index contributed by atoms with van der Waals surface area (Å²) in [6.07, 6.45) is 4.94. The molecule has 5 heteroatoms. The Morgan fingerprint density at radius 3 is 2.61 bits per heavy atom. The van der Waals surface area contributed by atoms with Crippen molar-refractivity contribution in [1.29, 1.82) is 0 Å². The van der Waals surface area contributed by atoms with E-state index in [0.717, 1.165) is 67.1 Å². The van der Waals surface area contributed by atoms with Crippen molar-refractivity contribution < 1.29 is 9.53 Å². The first-order valence-electron chi connectivity index (χ1n) is 12.8. The van der Waals surface area contributed by atoms with E-state index in [1.165, 1.54) is 5.56 Å². The molecule has 4 aromatic rings. The van der Waals surface area contributed by atoms with E-state index in [-0.39, 0.29) is 11.8 Å². The maximum absolute atomic E-state index is 12.9. The van der Waals surface area contributed by atoms with E-state index >= 15 is 0 Å². The minimum atomic E-state index is 0.106. The fourth-order valence-electron chi connectivity index (χ4n) is 5.08. The van der Waals surface area contributed by atoms with Crippen LogP contribution in [0.4, 0.5) is 0 Å². The third-order valence-corrected chi connectivity index (χ3v) is 6.90. The second kappa shape index (κ2) is 11.3. The molecule has 1 aliphatic heterocycles. The van der Waals surface area contributed by atoms with Crippen LogP contribution in [0.25, 0.3) is 11.0 Å². The number of allylic oxidation sites excluding steroid dienone is 1. The molecule has 36 heavy (non-hydrogen) atoms. The first-order valence-corrected chi connectivity index (χ1v) is 12.8. The molecule has 1 aromatic heterocycles. The number of benzene rings is 3. The van der Waals surface area contributed by atoms with Gasteiger partial charge >= 0.3 is 0 Å². The Labute approximate surface area is 213 Å². The largest absolute Gasteiger partial charge is 0.493 e. The van der Waals surface area contributed by atoms with E-state index in [9.17, 15) is 4.79 Å². The average molecular weight is 480 g/mol. The lowest BCUT2D eigenvalue weighted by Gasteiger charge is -2.17. The quantitative estimate of drug-likeness (QED) is 0.202. The number of fused-ring (bicyclic) bond motifs is 1. The van der Waals surface area contributed by atoms with Gasteiger partial charge in [0.25, 0.3) is 0 Å². The van der Waals surface area contributed by atoms with Crippen LogP contribution >= 0.6 is 0 Å².